The van der Waals surface area contributed by atoms with Crippen LogP contribution in [0.3, 0.4) is 0 Å². The van der Waals surface area contributed by atoms with Gasteiger partial charge in [-0.3, -0.25) is 0 Å². The molecule has 6 heteroatoms. The molecule has 2 heterocycles. The number of carbonyl (C=O) groups is 1. The summed E-state index contributed by atoms with van der Waals surface area (Å²) in [5.41, 5.74) is 3.54. The molecule has 3 rings (SSSR count). The van der Waals surface area contributed by atoms with E-state index in [2.05, 4.69) is 53.0 Å². The van der Waals surface area contributed by atoms with Crippen LogP contribution >= 0.6 is 0 Å². The van der Waals surface area contributed by atoms with Gasteiger partial charge in [-0.05, 0) is 38.2 Å². The van der Waals surface area contributed by atoms with Gasteiger partial charge in [0, 0.05) is 51.6 Å². The highest BCUT2D eigenvalue weighted by atomic mass is 16.5. The maximum atomic E-state index is 12.5. The Kier molecular flexibility index (Phi) is 7.09. The van der Waals surface area contributed by atoms with Crippen molar-refractivity contribution in [2.75, 3.05) is 26.8 Å². The standard InChI is InChI=1S/C22H32N4O2/c1-17-4-6-20(7-5-17)16-24-22(27)25-10-8-19(9-11-25)14-21-23-15-18(2)26(21)12-13-28-3/h4-7,15,19H,8-14,16H2,1-3H3,(H,24,27). The molecule has 0 spiro atoms. The zero-order valence-electron chi connectivity index (χ0n) is 17.3. The number of aryl methyl sites for hydroxylation is 2. The van der Waals surface area contributed by atoms with Gasteiger partial charge in [0.2, 0.25) is 0 Å². The molecule has 2 aromatic rings. The molecule has 1 aromatic heterocycles. The number of aromatic nitrogens is 2. The number of amides is 2. The van der Waals surface area contributed by atoms with Gasteiger partial charge in [-0.25, -0.2) is 9.78 Å². The highest BCUT2D eigenvalue weighted by Gasteiger charge is 2.24. The molecule has 0 bridgehead atoms. The number of ether oxygens (including phenoxy) is 1. The molecule has 1 saturated heterocycles. The van der Waals surface area contributed by atoms with Crippen molar-refractivity contribution < 1.29 is 9.53 Å². The highest BCUT2D eigenvalue weighted by Crippen LogP contribution is 2.22. The van der Waals surface area contributed by atoms with Crippen LogP contribution in [0.25, 0.3) is 0 Å². The zero-order valence-corrected chi connectivity index (χ0v) is 17.3. The van der Waals surface area contributed by atoms with Crippen molar-refractivity contribution >= 4 is 6.03 Å². The first-order valence-corrected chi connectivity index (χ1v) is 10.1. The van der Waals surface area contributed by atoms with Crippen LogP contribution in [0.2, 0.25) is 0 Å². The van der Waals surface area contributed by atoms with Crippen LogP contribution in [0.5, 0.6) is 0 Å². The Labute approximate surface area is 167 Å². The van der Waals surface area contributed by atoms with Crippen molar-refractivity contribution in [1.82, 2.24) is 19.8 Å². The van der Waals surface area contributed by atoms with Gasteiger partial charge in [0.1, 0.15) is 5.82 Å². The fourth-order valence-corrected chi connectivity index (χ4v) is 3.76. The number of imidazole rings is 1. The number of carbonyl (C=O) groups excluding carboxylic acids is 1. The molecule has 0 radical (unpaired) electrons. The molecule has 1 aliphatic rings. The SMILES string of the molecule is COCCn1c(C)cnc1CC1CCN(C(=O)NCc2ccc(C)cc2)CC1. The number of methoxy groups -OCH3 is 1. The van der Waals surface area contributed by atoms with Crippen molar-refractivity contribution in [3.05, 3.63) is 53.1 Å². The lowest BCUT2D eigenvalue weighted by Crippen LogP contribution is -2.44. The minimum absolute atomic E-state index is 0.0384. The summed E-state index contributed by atoms with van der Waals surface area (Å²) >= 11 is 0. The fraction of sp³-hybridized carbons (Fsp3) is 0.545. The Hall–Kier alpha value is -2.34. The lowest BCUT2D eigenvalue weighted by Gasteiger charge is -2.32. The zero-order chi connectivity index (χ0) is 19.9. The van der Waals surface area contributed by atoms with Gasteiger partial charge in [-0.15, -0.1) is 0 Å². The molecule has 2 amide bonds. The number of rotatable bonds is 7. The Balaban J connectivity index is 1.45. The normalized spacial score (nSPS) is 15.0. The topological polar surface area (TPSA) is 59.4 Å². The van der Waals surface area contributed by atoms with Crippen LogP contribution in [-0.4, -0.2) is 47.3 Å². The third kappa shape index (κ3) is 5.35. The van der Waals surface area contributed by atoms with Crippen LogP contribution in [0.1, 0.15) is 35.5 Å². The molecule has 0 unspecified atom stereocenters. The van der Waals surface area contributed by atoms with E-state index in [-0.39, 0.29) is 6.03 Å². The van der Waals surface area contributed by atoms with E-state index in [0.29, 0.717) is 19.1 Å². The molecular formula is C22H32N4O2. The molecule has 0 saturated carbocycles. The molecule has 1 fully saturated rings. The van der Waals surface area contributed by atoms with Gasteiger partial charge in [0.15, 0.2) is 0 Å². The second-order valence-corrected chi connectivity index (χ2v) is 7.74. The van der Waals surface area contributed by atoms with Gasteiger partial charge < -0.3 is 19.5 Å². The van der Waals surface area contributed by atoms with Crippen LogP contribution in [-0.2, 0) is 24.2 Å². The molecule has 1 aliphatic heterocycles. The second-order valence-electron chi connectivity index (χ2n) is 7.74. The minimum atomic E-state index is 0.0384. The van der Waals surface area contributed by atoms with Crippen molar-refractivity contribution in [3.63, 3.8) is 0 Å². The summed E-state index contributed by atoms with van der Waals surface area (Å²) in [6.45, 7) is 7.90. The van der Waals surface area contributed by atoms with Gasteiger partial charge >= 0.3 is 6.03 Å². The van der Waals surface area contributed by atoms with Gasteiger partial charge in [-0.2, -0.15) is 0 Å². The molecule has 6 nitrogen and oxygen atoms in total. The average molecular weight is 385 g/mol. The third-order valence-corrected chi connectivity index (χ3v) is 5.59. The number of hydrogen-bond donors (Lipinski definition) is 1. The van der Waals surface area contributed by atoms with Gasteiger partial charge in [-0.1, -0.05) is 29.8 Å². The Morgan fingerprint density at radius 3 is 2.61 bits per heavy atom. The predicted molar refractivity (Wildman–Crippen MR) is 110 cm³/mol. The van der Waals surface area contributed by atoms with Crippen LogP contribution < -0.4 is 5.32 Å². The maximum Gasteiger partial charge on any atom is 0.317 e. The summed E-state index contributed by atoms with van der Waals surface area (Å²) in [5.74, 6) is 1.71. The van der Waals surface area contributed by atoms with E-state index in [0.717, 1.165) is 50.3 Å². The highest BCUT2D eigenvalue weighted by molar-refractivity contribution is 5.74. The quantitative estimate of drug-likeness (QED) is 0.797. The number of likely N-dealkylation sites (tertiary alicyclic amines) is 1. The van der Waals surface area contributed by atoms with E-state index in [4.69, 9.17) is 4.74 Å². The van der Waals surface area contributed by atoms with Gasteiger partial charge in [0.25, 0.3) is 0 Å². The number of benzene rings is 1. The first kappa shape index (κ1) is 20.4. The number of urea groups is 1. The molecular weight excluding hydrogens is 352 g/mol. The predicted octanol–water partition coefficient (Wildman–Crippen LogP) is 3.31. The van der Waals surface area contributed by atoms with E-state index >= 15 is 0 Å². The van der Waals surface area contributed by atoms with Crippen LogP contribution in [0.4, 0.5) is 4.79 Å². The van der Waals surface area contributed by atoms with Crippen molar-refractivity contribution in [3.8, 4) is 0 Å². The molecule has 0 atom stereocenters. The lowest BCUT2D eigenvalue weighted by atomic mass is 9.93. The van der Waals surface area contributed by atoms with Gasteiger partial charge in [0.05, 0.1) is 6.61 Å². The summed E-state index contributed by atoms with van der Waals surface area (Å²) in [6.07, 6.45) is 4.96. The summed E-state index contributed by atoms with van der Waals surface area (Å²) in [4.78, 5) is 19.0. The Morgan fingerprint density at radius 1 is 1.21 bits per heavy atom. The first-order valence-electron chi connectivity index (χ1n) is 10.1. The molecule has 152 valence electrons. The Bertz CT molecular complexity index is 761. The fourth-order valence-electron chi connectivity index (χ4n) is 3.76. The molecule has 1 N–H and O–H groups in total. The van der Waals surface area contributed by atoms with Crippen LogP contribution in [0, 0.1) is 19.8 Å². The van der Waals surface area contributed by atoms with E-state index in [1.54, 1.807) is 7.11 Å². The molecule has 0 aliphatic carbocycles. The number of piperidine rings is 1. The number of nitrogens with zero attached hydrogens (tertiary/aromatic N) is 3. The second kappa shape index (κ2) is 9.73. The summed E-state index contributed by atoms with van der Waals surface area (Å²) in [5, 5.41) is 3.04. The smallest absolute Gasteiger partial charge is 0.317 e. The maximum absolute atomic E-state index is 12.5. The van der Waals surface area contributed by atoms with E-state index in [9.17, 15) is 4.79 Å². The van der Waals surface area contributed by atoms with Crippen LogP contribution in [0.15, 0.2) is 30.5 Å². The minimum Gasteiger partial charge on any atom is -0.383 e. The monoisotopic (exact) mass is 384 g/mol. The lowest BCUT2D eigenvalue weighted by molar-refractivity contribution is 0.168. The number of nitrogens with one attached hydrogen (secondary N) is 1. The summed E-state index contributed by atoms with van der Waals surface area (Å²) in [6, 6.07) is 8.32. The van der Waals surface area contributed by atoms with Crippen molar-refractivity contribution in [2.24, 2.45) is 5.92 Å². The van der Waals surface area contributed by atoms with E-state index < -0.39 is 0 Å². The van der Waals surface area contributed by atoms with Crippen molar-refractivity contribution in [2.45, 2.75) is 46.2 Å². The van der Waals surface area contributed by atoms with E-state index in [1.165, 1.54) is 11.3 Å². The first-order chi connectivity index (χ1) is 13.6. The summed E-state index contributed by atoms with van der Waals surface area (Å²) in [7, 11) is 1.73. The Morgan fingerprint density at radius 2 is 1.93 bits per heavy atom. The largest absolute Gasteiger partial charge is 0.383 e. The average Bonchev–Trinajstić information content (AvgIpc) is 3.05. The number of hydrogen-bond acceptors (Lipinski definition) is 3. The van der Waals surface area contributed by atoms with Crippen molar-refractivity contribution in [1.29, 1.82) is 0 Å². The summed E-state index contributed by atoms with van der Waals surface area (Å²) < 4.78 is 7.47. The van der Waals surface area contributed by atoms with E-state index in [1.807, 2.05) is 11.1 Å². The molecule has 28 heavy (non-hydrogen) atoms. The molecule has 1 aromatic carbocycles. The third-order valence-electron chi connectivity index (χ3n) is 5.59.